The van der Waals surface area contributed by atoms with Crippen molar-refractivity contribution in [3.05, 3.63) is 33.2 Å². The quantitative estimate of drug-likeness (QED) is 0.925. The Kier molecular flexibility index (Phi) is 4.18. The molecule has 3 heterocycles. The van der Waals surface area contributed by atoms with E-state index in [-0.39, 0.29) is 5.43 Å². The summed E-state index contributed by atoms with van der Waals surface area (Å²) < 4.78 is 0. The molecule has 4 nitrogen and oxygen atoms in total. The van der Waals surface area contributed by atoms with Gasteiger partial charge in [-0.15, -0.1) is 0 Å². The fraction of sp³-hybridized carbons (Fsp3) is 0.706. The molecule has 0 aliphatic carbocycles. The van der Waals surface area contributed by atoms with Crippen molar-refractivity contribution in [2.75, 3.05) is 19.6 Å². The van der Waals surface area contributed by atoms with Gasteiger partial charge in [-0.2, -0.15) is 0 Å². The summed E-state index contributed by atoms with van der Waals surface area (Å²) in [4.78, 5) is 20.4. The zero-order valence-corrected chi connectivity index (χ0v) is 13.5. The Morgan fingerprint density at radius 3 is 2.76 bits per heavy atom. The van der Waals surface area contributed by atoms with Crippen LogP contribution in [0.4, 0.5) is 0 Å². The first kappa shape index (κ1) is 14.8. The Morgan fingerprint density at radius 2 is 2.05 bits per heavy atom. The van der Waals surface area contributed by atoms with E-state index < -0.39 is 0 Å². The molecule has 0 unspecified atom stereocenters. The fourth-order valence-corrected chi connectivity index (χ4v) is 3.73. The van der Waals surface area contributed by atoms with Gasteiger partial charge in [0.25, 0.3) is 0 Å². The molecular formula is C17H27N3O. The van der Waals surface area contributed by atoms with E-state index in [0.717, 1.165) is 48.5 Å². The van der Waals surface area contributed by atoms with E-state index >= 15 is 0 Å². The van der Waals surface area contributed by atoms with Crippen LogP contribution < -0.4 is 5.43 Å². The minimum atomic E-state index is 0.186. The lowest BCUT2D eigenvalue weighted by molar-refractivity contribution is -0.00684. The Bertz CT molecular complexity index is 560. The zero-order chi connectivity index (χ0) is 15.0. The summed E-state index contributed by atoms with van der Waals surface area (Å²) in [5.74, 6) is 0. The van der Waals surface area contributed by atoms with Crippen LogP contribution in [-0.2, 0) is 6.54 Å². The number of piperidine rings is 1. The summed E-state index contributed by atoms with van der Waals surface area (Å²) in [6.07, 6.45) is 5.93. The van der Waals surface area contributed by atoms with E-state index in [2.05, 4.69) is 21.7 Å². The van der Waals surface area contributed by atoms with Gasteiger partial charge in [-0.05, 0) is 40.2 Å². The van der Waals surface area contributed by atoms with E-state index in [9.17, 15) is 4.79 Å². The number of pyridine rings is 1. The molecule has 2 fully saturated rings. The van der Waals surface area contributed by atoms with E-state index in [1.807, 2.05) is 20.0 Å². The molecule has 116 valence electrons. The lowest BCUT2D eigenvalue weighted by Gasteiger charge is -2.49. The fourth-order valence-electron chi connectivity index (χ4n) is 3.73. The van der Waals surface area contributed by atoms with Crippen molar-refractivity contribution in [2.24, 2.45) is 0 Å². The van der Waals surface area contributed by atoms with Gasteiger partial charge in [0, 0.05) is 54.7 Å². The first-order valence-corrected chi connectivity index (χ1v) is 8.22. The number of aromatic amines is 1. The molecule has 2 saturated heterocycles. The van der Waals surface area contributed by atoms with Crippen LogP contribution in [-0.4, -0.2) is 46.5 Å². The standard InChI is InChI=1S/C17H27N3O/c1-12-8-18-16(14(3)17(12)21)11-19-9-15(10-19)20-7-5-4-6-13(20)2/h8,13,15H,4-7,9-11H2,1-3H3,(H,18,21)/t13-/m0/s1. The van der Waals surface area contributed by atoms with Gasteiger partial charge in [-0.1, -0.05) is 6.42 Å². The van der Waals surface area contributed by atoms with Gasteiger partial charge >= 0.3 is 0 Å². The summed E-state index contributed by atoms with van der Waals surface area (Å²) in [5.41, 5.74) is 2.95. The van der Waals surface area contributed by atoms with Crippen LogP contribution in [0.25, 0.3) is 0 Å². The molecule has 0 radical (unpaired) electrons. The average molecular weight is 289 g/mol. The summed E-state index contributed by atoms with van der Waals surface area (Å²) in [6, 6.07) is 1.46. The van der Waals surface area contributed by atoms with Crippen molar-refractivity contribution in [1.29, 1.82) is 0 Å². The third kappa shape index (κ3) is 2.92. The maximum Gasteiger partial charge on any atom is 0.187 e. The van der Waals surface area contributed by atoms with Gasteiger partial charge in [-0.3, -0.25) is 14.6 Å². The largest absolute Gasteiger partial charge is 0.363 e. The van der Waals surface area contributed by atoms with Crippen molar-refractivity contribution in [1.82, 2.24) is 14.8 Å². The predicted octanol–water partition coefficient (Wildman–Crippen LogP) is 2.05. The number of aryl methyl sites for hydroxylation is 1. The second-order valence-electron chi connectivity index (χ2n) is 6.83. The molecule has 0 aromatic carbocycles. The first-order valence-electron chi connectivity index (χ1n) is 8.22. The number of H-pyrrole nitrogens is 1. The Labute approximate surface area is 127 Å². The van der Waals surface area contributed by atoms with Crippen molar-refractivity contribution < 1.29 is 0 Å². The van der Waals surface area contributed by atoms with Crippen molar-refractivity contribution in [3.8, 4) is 0 Å². The Balaban J connectivity index is 1.58. The van der Waals surface area contributed by atoms with Gasteiger partial charge in [0.2, 0.25) is 0 Å². The first-order chi connectivity index (χ1) is 10.1. The second kappa shape index (κ2) is 5.93. The molecular weight excluding hydrogens is 262 g/mol. The number of aromatic nitrogens is 1. The average Bonchev–Trinajstić information content (AvgIpc) is 2.43. The molecule has 2 aliphatic heterocycles. The topological polar surface area (TPSA) is 39.3 Å². The Hall–Kier alpha value is -1.13. The van der Waals surface area contributed by atoms with Gasteiger partial charge in [0.05, 0.1) is 0 Å². The smallest absolute Gasteiger partial charge is 0.187 e. The Morgan fingerprint density at radius 1 is 1.29 bits per heavy atom. The van der Waals surface area contributed by atoms with E-state index in [1.54, 1.807) is 0 Å². The molecule has 21 heavy (non-hydrogen) atoms. The monoisotopic (exact) mass is 289 g/mol. The molecule has 4 heteroatoms. The number of hydrogen-bond donors (Lipinski definition) is 1. The number of hydrogen-bond acceptors (Lipinski definition) is 3. The van der Waals surface area contributed by atoms with E-state index in [4.69, 9.17) is 0 Å². The van der Waals surface area contributed by atoms with Crippen LogP contribution in [0.1, 0.15) is 43.0 Å². The van der Waals surface area contributed by atoms with Gasteiger partial charge in [-0.25, -0.2) is 0 Å². The second-order valence-corrected chi connectivity index (χ2v) is 6.83. The van der Waals surface area contributed by atoms with Crippen LogP contribution in [0.2, 0.25) is 0 Å². The maximum atomic E-state index is 12.0. The van der Waals surface area contributed by atoms with E-state index in [1.165, 1.54) is 25.8 Å². The minimum Gasteiger partial charge on any atom is -0.363 e. The SMILES string of the molecule is Cc1c[nH]c(CN2CC(N3CCCC[C@@H]3C)C2)c(C)c1=O. The van der Waals surface area contributed by atoms with Gasteiger partial charge < -0.3 is 4.98 Å². The number of nitrogens with one attached hydrogen (secondary N) is 1. The van der Waals surface area contributed by atoms with Crippen LogP contribution in [0.5, 0.6) is 0 Å². The number of likely N-dealkylation sites (tertiary alicyclic amines) is 2. The highest BCUT2D eigenvalue weighted by atomic mass is 16.1. The minimum absolute atomic E-state index is 0.186. The van der Waals surface area contributed by atoms with Gasteiger partial charge in [0.1, 0.15) is 0 Å². The van der Waals surface area contributed by atoms with Crippen LogP contribution in [0, 0.1) is 13.8 Å². The lowest BCUT2D eigenvalue weighted by atomic mass is 9.97. The number of nitrogens with zero attached hydrogens (tertiary/aromatic N) is 2. The third-order valence-corrected chi connectivity index (χ3v) is 5.26. The van der Waals surface area contributed by atoms with Crippen molar-refractivity contribution in [3.63, 3.8) is 0 Å². The molecule has 0 spiro atoms. The molecule has 1 aromatic heterocycles. The van der Waals surface area contributed by atoms with E-state index in [0.29, 0.717) is 0 Å². The third-order valence-electron chi connectivity index (χ3n) is 5.26. The summed E-state index contributed by atoms with van der Waals surface area (Å²) in [6.45, 7) is 10.6. The highest BCUT2D eigenvalue weighted by Crippen LogP contribution is 2.25. The van der Waals surface area contributed by atoms with Crippen molar-refractivity contribution >= 4 is 0 Å². The molecule has 3 rings (SSSR count). The number of rotatable bonds is 3. The zero-order valence-electron chi connectivity index (χ0n) is 13.5. The van der Waals surface area contributed by atoms with Crippen LogP contribution in [0.15, 0.2) is 11.0 Å². The maximum absolute atomic E-state index is 12.0. The molecule has 0 amide bonds. The molecule has 1 aromatic rings. The summed E-state index contributed by atoms with van der Waals surface area (Å²) in [5, 5.41) is 0. The highest BCUT2D eigenvalue weighted by molar-refractivity contribution is 5.23. The van der Waals surface area contributed by atoms with Crippen molar-refractivity contribution in [2.45, 2.75) is 58.7 Å². The van der Waals surface area contributed by atoms with Gasteiger partial charge in [0.15, 0.2) is 5.43 Å². The molecule has 0 bridgehead atoms. The summed E-state index contributed by atoms with van der Waals surface area (Å²) >= 11 is 0. The molecule has 1 atom stereocenters. The lowest BCUT2D eigenvalue weighted by Crippen LogP contribution is -2.61. The molecule has 1 N–H and O–H groups in total. The molecule has 2 aliphatic rings. The highest BCUT2D eigenvalue weighted by Gasteiger charge is 2.35. The molecule has 0 saturated carbocycles. The predicted molar refractivity (Wildman–Crippen MR) is 85.6 cm³/mol. The normalized spacial score (nSPS) is 25.0. The summed E-state index contributed by atoms with van der Waals surface area (Å²) in [7, 11) is 0. The van der Waals surface area contributed by atoms with Crippen LogP contribution >= 0.6 is 0 Å². The van der Waals surface area contributed by atoms with Crippen LogP contribution in [0.3, 0.4) is 0 Å².